The first-order valence-corrected chi connectivity index (χ1v) is 7.07. The molecule has 2 aliphatic rings. The molecule has 0 bridgehead atoms. The van der Waals surface area contributed by atoms with Gasteiger partial charge in [-0.05, 0) is 46.5 Å². The maximum absolute atomic E-state index is 5.78. The lowest BCUT2D eigenvalue weighted by Gasteiger charge is -2.17. The molecule has 0 spiro atoms. The molecule has 4 rings (SSSR count). The van der Waals surface area contributed by atoms with Gasteiger partial charge in [0.05, 0.1) is 0 Å². The van der Waals surface area contributed by atoms with E-state index in [0.29, 0.717) is 0 Å². The maximum Gasteiger partial charge on any atom is 0.114 e. The van der Waals surface area contributed by atoms with Crippen molar-refractivity contribution in [3.63, 3.8) is 0 Å². The summed E-state index contributed by atoms with van der Waals surface area (Å²) in [5, 5.41) is 0. The molecule has 0 radical (unpaired) electrons. The molecule has 1 fully saturated rings. The first-order valence-electron chi connectivity index (χ1n) is 5.49. The number of benzene rings is 2. The third-order valence-corrected chi connectivity index (χ3v) is 4.41. The van der Waals surface area contributed by atoms with Crippen molar-refractivity contribution >= 4 is 31.9 Å². The lowest BCUT2D eigenvalue weighted by atomic mass is 9.86. The third kappa shape index (κ3) is 1.46. The molecule has 2 aromatic carbocycles. The zero-order chi connectivity index (χ0) is 11.6. The molecule has 0 amide bonds. The summed E-state index contributed by atoms with van der Waals surface area (Å²) in [7, 11) is 0. The van der Waals surface area contributed by atoms with E-state index in [1.165, 1.54) is 22.3 Å². The Labute approximate surface area is 116 Å². The van der Waals surface area contributed by atoms with Crippen molar-refractivity contribution < 1.29 is 4.74 Å². The van der Waals surface area contributed by atoms with E-state index in [2.05, 4.69) is 68.3 Å². The molecule has 2 aromatic rings. The molecule has 1 aliphatic heterocycles. The Kier molecular flexibility index (Phi) is 2.08. The predicted molar refractivity (Wildman–Crippen MR) is 73.8 cm³/mol. The minimum atomic E-state index is 0.270. The average molecular weight is 352 g/mol. The van der Waals surface area contributed by atoms with Crippen LogP contribution in [0.4, 0.5) is 0 Å². The molecule has 1 heterocycles. The molecular weight excluding hydrogens is 344 g/mol. The predicted octanol–water partition coefficient (Wildman–Crippen LogP) is 5.00. The zero-order valence-corrected chi connectivity index (χ0v) is 12.0. The summed E-state index contributed by atoms with van der Waals surface area (Å²) in [6.07, 6.45) is 0.540. The molecule has 1 aliphatic carbocycles. The van der Waals surface area contributed by atoms with Crippen LogP contribution in [0.15, 0.2) is 45.3 Å². The number of ether oxygens (including phenoxy) is 1. The summed E-state index contributed by atoms with van der Waals surface area (Å²) in [5.74, 6) is 0. The monoisotopic (exact) mass is 350 g/mol. The van der Waals surface area contributed by atoms with Crippen LogP contribution >= 0.6 is 31.9 Å². The van der Waals surface area contributed by atoms with Crippen molar-refractivity contribution in [2.24, 2.45) is 0 Å². The van der Waals surface area contributed by atoms with Gasteiger partial charge in [-0.3, -0.25) is 0 Å². The van der Waals surface area contributed by atoms with Crippen LogP contribution in [0.1, 0.15) is 23.3 Å². The lowest BCUT2D eigenvalue weighted by molar-refractivity contribution is 0.380. The number of hydrogen-bond acceptors (Lipinski definition) is 1. The van der Waals surface area contributed by atoms with E-state index in [1.54, 1.807) is 0 Å². The van der Waals surface area contributed by atoms with Gasteiger partial charge in [-0.15, -0.1) is 0 Å². The molecular formula is C14H8Br2O. The summed E-state index contributed by atoms with van der Waals surface area (Å²) in [6.45, 7) is 0. The quantitative estimate of drug-likeness (QED) is 0.608. The van der Waals surface area contributed by atoms with Crippen LogP contribution in [0, 0.1) is 0 Å². The fourth-order valence-electron chi connectivity index (χ4n) is 2.61. The molecule has 0 N–H and O–H groups in total. The molecule has 0 aromatic heterocycles. The average Bonchev–Trinajstić information content (AvgIpc) is 3.09. The molecule has 2 atom stereocenters. The molecule has 17 heavy (non-hydrogen) atoms. The van der Waals surface area contributed by atoms with Crippen LogP contribution < -0.4 is 0 Å². The maximum atomic E-state index is 5.78. The number of hydrogen-bond donors (Lipinski definition) is 0. The fraction of sp³-hybridized carbons (Fsp3) is 0.143. The molecule has 0 saturated carbocycles. The van der Waals surface area contributed by atoms with Crippen LogP contribution in [0.2, 0.25) is 0 Å². The molecule has 84 valence electrons. The second-order valence-corrected chi connectivity index (χ2v) is 6.27. The summed E-state index contributed by atoms with van der Waals surface area (Å²) in [5.41, 5.74) is 5.19. The number of rotatable bonds is 0. The van der Waals surface area contributed by atoms with E-state index in [-0.39, 0.29) is 12.2 Å². The van der Waals surface area contributed by atoms with Crippen molar-refractivity contribution in [2.75, 3.05) is 0 Å². The summed E-state index contributed by atoms with van der Waals surface area (Å²) in [4.78, 5) is 0. The van der Waals surface area contributed by atoms with E-state index >= 15 is 0 Å². The number of halogens is 2. The molecule has 3 heteroatoms. The van der Waals surface area contributed by atoms with E-state index in [0.717, 1.165) is 8.95 Å². The summed E-state index contributed by atoms with van der Waals surface area (Å²) >= 11 is 7.08. The van der Waals surface area contributed by atoms with Crippen LogP contribution in [0.3, 0.4) is 0 Å². The first kappa shape index (κ1) is 10.3. The standard InChI is InChI=1S/C14H8Br2O/c15-7-1-3-9-11(5-7)12-6-8(16)2-4-10(12)14-13(9)17-14/h1-6,13-14H. The topological polar surface area (TPSA) is 12.5 Å². The molecule has 1 saturated heterocycles. The Bertz CT molecular complexity index is 581. The molecule has 1 nitrogen and oxygen atoms in total. The minimum Gasteiger partial charge on any atom is -0.359 e. The SMILES string of the molecule is Brc1ccc2c(c1)-c1cc(Br)ccc1C1OC21. The second kappa shape index (κ2) is 3.44. The number of fused-ring (bicyclic) bond motifs is 6. The van der Waals surface area contributed by atoms with Crippen LogP contribution in [-0.4, -0.2) is 0 Å². The first-order chi connectivity index (χ1) is 8.24. The Balaban J connectivity index is 2.06. The normalized spacial score (nSPS) is 23.6. The van der Waals surface area contributed by atoms with Gasteiger partial charge >= 0.3 is 0 Å². The highest BCUT2D eigenvalue weighted by Crippen LogP contribution is 2.59. The van der Waals surface area contributed by atoms with Crippen LogP contribution in [0.5, 0.6) is 0 Å². The highest BCUT2D eigenvalue weighted by Gasteiger charge is 2.47. The van der Waals surface area contributed by atoms with Crippen molar-refractivity contribution in [1.29, 1.82) is 0 Å². The van der Waals surface area contributed by atoms with Crippen molar-refractivity contribution in [3.05, 3.63) is 56.5 Å². The molecule has 2 unspecified atom stereocenters. The Morgan fingerprint density at radius 3 is 1.71 bits per heavy atom. The highest BCUT2D eigenvalue weighted by molar-refractivity contribution is 9.10. The van der Waals surface area contributed by atoms with E-state index in [4.69, 9.17) is 4.74 Å². The van der Waals surface area contributed by atoms with Gasteiger partial charge in [0.2, 0.25) is 0 Å². The van der Waals surface area contributed by atoms with E-state index in [9.17, 15) is 0 Å². The zero-order valence-electron chi connectivity index (χ0n) is 8.78. The third-order valence-electron chi connectivity index (χ3n) is 3.43. The van der Waals surface area contributed by atoms with Gasteiger partial charge in [-0.25, -0.2) is 0 Å². The van der Waals surface area contributed by atoms with Gasteiger partial charge in [0.25, 0.3) is 0 Å². The summed E-state index contributed by atoms with van der Waals surface area (Å²) < 4.78 is 8.00. The Morgan fingerprint density at radius 1 is 0.765 bits per heavy atom. The van der Waals surface area contributed by atoms with Gasteiger partial charge in [-0.1, -0.05) is 44.0 Å². The van der Waals surface area contributed by atoms with Crippen LogP contribution in [0.25, 0.3) is 11.1 Å². The van der Waals surface area contributed by atoms with Gasteiger partial charge in [-0.2, -0.15) is 0 Å². The van der Waals surface area contributed by atoms with E-state index < -0.39 is 0 Å². The lowest BCUT2D eigenvalue weighted by Crippen LogP contribution is -1.99. The van der Waals surface area contributed by atoms with Crippen molar-refractivity contribution in [3.8, 4) is 11.1 Å². The largest absolute Gasteiger partial charge is 0.359 e. The smallest absolute Gasteiger partial charge is 0.114 e. The Morgan fingerprint density at radius 2 is 1.24 bits per heavy atom. The van der Waals surface area contributed by atoms with Gasteiger partial charge < -0.3 is 4.74 Å². The van der Waals surface area contributed by atoms with Crippen molar-refractivity contribution in [2.45, 2.75) is 12.2 Å². The van der Waals surface area contributed by atoms with Gasteiger partial charge in [0.15, 0.2) is 0 Å². The Hall–Kier alpha value is -0.640. The van der Waals surface area contributed by atoms with Gasteiger partial charge in [0, 0.05) is 8.95 Å². The summed E-state index contributed by atoms with van der Waals surface area (Å²) in [6, 6.07) is 12.8. The second-order valence-electron chi connectivity index (χ2n) is 4.44. The van der Waals surface area contributed by atoms with Crippen LogP contribution in [-0.2, 0) is 4.74 Å². The van der Waals surface area contributed by atoms with E-state index in [1.807, 2.05) is 0 Å². The van der Waals surface area contributed by atoms with Crippen molar-refractivity contribution in [1.82, 2.24) is 0 Å². The number of epoxide rings is 1. The van der Waals surface area contributed by atoms with Gasteiger partial charge in [0.1, 0.15) is 12.2 Å². The highest BCUT2D eigenvalue weighted by atomic mass is 79.9. The minimum absolute atomic E-state index is 0.270. The fourth-order valence-corrected chi connectivity index (χ4v) is 3.33.